The standard InChI is InChI=1S/C72H115N21O14/c1-13-40(9)56(91-61(96)49(23-20-24-79-72(74)75)83-62(97)51(27-44-21-18-17-19-22-44)87-68(103)58(42(11)15-3)93-70(105)59(43(12)16-4)90-60(95)48(73)25-38(5)6)67(102)86-50(26-39(7)8)65(100)92-57(41(10)14-2)69(104)89-55(34-94)66(101)85-52(28-45-31-76-35-80-45)63(98)84-53(29-46-32-77-36-81-46)64(99)88-54(71(106)107)30-47-33-78-37-82-47/h17-19,21-22,31-33,35-43,48-59,94H,13-16,20,23-30,34,73H2,1-12H3,(H,76,80)(H,77,81)(H,78,82)(H,83,97)(H,84,98)(H,85,101)(H,86,102)(H,87,103)(H,88,99)(H,89,104)(H,90,95)(H,91,96)(H,92,100)(H,93,105)(H,106,107)(H4,74,75,79)/t40-,41-,42-,43-,48-,49-,50-,51-,52-,53-,54-,55-,56-,57-,58-,59-/m0/s1. The molecule has 1 aromatic carbocycles. The number of carbonyl (C=O) groups is 12. The number of hydrogen-bond donors (Lipinski definition) is 19. The monoisotopic (exact) mass is 1500 g/mol. The van der Waals surface area contributed by atoms with Crippen LogP contribution in [0.5, 0.6) is 0 Å². The summed E-state index contributed by atoms with van der Waals surface area (Å²) in [6.07, 6.45) is 9.30. The predicted octanol–water partition coefficient (Wildman–Crippen LogP) is -0.806. The highest BCUT2D eigenvalue weighted by atomic mass is 16.4. The van der Waals surface area contributed by atoms with Crippen molar-refractivity contribution in [2.45, 2.75) is 233 Å². The number of aliphatic imine (C=N–C) groups is 1. The molecule has 3 aromatic heterocycles. The number of aromatic nitrogens is 6. The number of H-pyrrole nitrogens is 3. The van der Waals surface area contributed by atoms with Gasteiger partial charge in [-0.05, 0) is 66.8 Å². The Morgan fingerprint density at radius 2 is 0.748 bits per heavy atom. The minimum absolute atomic E-state index is 0.00645. The number of carboxylic acid groups (broad SMARTS) is 1. The van der Waals surface area contributed by atoms with Crippen molar-refractivity contribution < 1.29 is 67.7 Å². The molecule has 16 atom stereocenters. The number of rotatable bonds is 48. The van der Waals surface area contributed by atoms with Crippen LogP contribution in [0.1, 0.15) is 157 Å². The lowest BCUT2D eigenvalue weighted by molar-refractivity contribution is -0.142. The molecule has 22 N–H and O–H groups in total. The summed E-state index contributed by atoms with van der Waals surface area (Å²) in [6, 6.07) is -7.55. The number of aromatic amines is 3. The first-order chi connectivity index (χ1) is 50.7. The Morgan fingerprint density at radius 3 is 1.13 bits per heavy atom. The molecule has 0 aliphatic carbocycles. The number of carbonyl (C=O) groups excluding carboxylic acids is 11. The largest absolute Gasteiger partial charge is 0.480 e. The van der Waals surface area contributed by atoms with E-state index in [1.165, 1.54) is 37.6 Å². The first-order valence-electron chi connectivity index (χ1n) is 36.7. The zero-order valence-electron chi connectivity index (χ0n) is 63.5. The molecule has 107 heavy (non-hydrogen) atoms. The topological polar surface area (TPSA) is 554 Å². The molecule has 0 unspecified atom stereocenters. The van der Waals surface area contributed by atoms with Gasteiger partial charge in [0.25, 0.3) is 0 Å². The molecule has 0 bridgehead atoms. The summed E-state index contributed by atoms with van der Waals surface area (Å²) >= 11 is 0. The van der Waals surface area contributed by atoms with Crippen LogP contribution < -0.4 is 75.7 Å². The lowest BCUT2D eigenvalue weighted by Gasteiger charge is -2.31. The highest BCUT2D eigenvalue weighted by Crippen LogP contribution is 2.18. The maximum Gasteiger partial charge on any atom is 0.326 e. The lowest BCUT2D eigenvalue weighted by atomic mass is 9.94. The molecule has 0 saturated carbocycles. The molecular formula is C72H115N21O14. The first kappa shape index (κ1) is 89.1. The van der Waals surface area contributed by atoms with Crippen LogP contribution in [-0.4, -0.2) is 203 Å². The number of amides is 11. The van der Waals surface area contributed by atoms with E-state index in [-0.39, 0.29) is 81.6 Å². The average molecular weight is 1500 g/mol. The number of aliphatic hydroxyl groups is 1. The summed E-state index contributed by atoms with van der Waals surface area (Å²) in [6.45, 7) is 20.5. The second-order valence-corrected chi connectivity index (χ2v) is 28.3. The van der Waals surface area contributed by atoms with E-state index >= 15 is 0 Å². The summed E-state index contributed by atoms with van der Waals surface area (Å²) < 4.78 is 0. The molecule has 4 rings (SSSR count). The van der Waals surface area contributed by atoms with Crippen molar-refractivity contribution in [3.05, 3.63) is 90.5 Å². The SMILES string of the molecule is CC[C@H](C)[C@H](NC(=O)[C@H](CC(C)C)NC(=O)[C@@H](NC(=O)[C@H](CCCN=C(N)N)NC(=O)[C@H](Cc1ccccc1)NC(=O)[C@@H](NC(=O)[C@@H](NC(=O)[C@@H](N)CC(C)C)[C@@H](C)CC)[C@@H](C)CC)[C@@H](C)CC)C(=O)N[C@@H](CO)C(=O)N[C@@H](Cc1cnc[nH]1)C(=O)N[C@@H](Cc1cnc[nH]1)C(=O)N[C@@H](Cc1cnc[nH]1)C(=O)O. The molecule has 0 aliphatic rings. The van der Waals surface area contributed by atoms with Gasteiger partial charge in [0.15, 0.2) is 5.96 Å². The number of hydrogen-bond acceptors (Lipinski definition) is 18. The summed E-state index contributed by atoms with van der Waals surface area (Å²) in [5, 5.41) is 50.5. The first-order valence-corrected chi connectivity index (χ1v) is 36.7. The maximum absolute atomic E-state index is 14.9. The molecule has 35 nitrogen and oxygen atoms in total. The second-order valence-electron chi connectivity index (χ2n) is 28.3. The fraction of sp³-hybridized carbons (Fsp3) is 0.611. The molecule has 0 radical (unpaired) electrons. The van der Waals surface area contributed by atoms with Crippen LogP contribution in [0.4, 0.5) is 0 Å². The van der Waals surface area contributed by atoms with Gasteiger partial charge in [-0.3, -0.25) is 57.7 Å². The number of guanidine groups is 1. The summed E-state index contributed by atoms with van der Waals surface area (Å²) in [7, 11) is 0. The molecule has 35 heteroatoms. The number of nitrogens with one attached hydrogen (secondary N) is 14. The van der Waals surface area contributed by atoms with E-state index < -0.39 is 168 Å². The summed E-state index contributed by atoms with van der Waals surface area (Å²) in [5.74, 6) is -12.9. The molecule has 0 spiro atoms. The van der Waals surface area contributed by atoms with Gasteiger partial charge in [-0.15, -0.1) is 0 Å². The normalized spacial score (nSPS) is 15.9. The van der Waals surface area contributed by atoms with Gasteiger partial charge in [0.05, 0.1) is 31.6 Å². The predicted molar refractivity (Wildman–Crippen MR) is 398 cm³/mol. The Kier molecular flexibility index (Phi) is 37.7. The van der Waals surface area contributed by atoms with E-state index in [0.29, 0.717) is 48.3 Å². The highest BCUT2D eigenvalue weighted by Gasteiger charge is 2.40. The molecule has 11 amide bonds. The van der Waals surface area contributed by atoms with Crippen LogP contribution in [-0.2, 0) is 83.2 Å². The van der Waals surface area contributed by atoms with Crippen LogP contribution >= 0.6 is 0 Å². The average Bonchev–Trinajstić information content (AvgIpc) is 1.08. The van der Waals surface area contributed by atoms with Crippen molar-refractivity contribution in [1.29, 1.82) is 0 Å². The summed E-state index contributed by atoms with van der Waals surface area (Å²) in [5.41, 5.74) is 19.3. The van der Waals surface area contributed by atoms with Gasteiger partial charge in [-0.2, -0.15) is 0 Å². The number of imidazole rings is 3. The van der Waals surface area contributed by atoms with Crippen molar-refractivity contribution in [2.24, 2.45) is 57.7 Å². The molecule has 3 heterocycles. The minimum atomic E-state index is -1.76. The number of benzene rings is 1. The van der Waals surface area contributed by atoms with Gasteiger partial charge in [-0.1, -0.05) is 139 Å². The van der Waals surface area contributed by atoms with Crippen molar-refractivity contribution in [1.82, 2.24) is 88.4 Å². The van der Waals surface area contributed by atoms with Crippen LogP contribution in [0, 0.1) is 35.5 Å². The van der Waals surface area contributed by atoms with Crippen LogP contribution in [0.3, 0.4) is 0 Å². The Morgan fingerprint density at radius 1 is 0.421 bits per heavy atom. The van der Waals surface area contributed by atoms with Crippen molar-refractivity contribution in [2.75, 3.05) is 13.2 Å². The van der Waals surface area contributed by atoms with Crippen molar-refractivity contribution in [3.8, 4) is 0 Å². The van der Waals surface area contributed by atoms with E-state index in [1.54, 1.807) is 85.7 Å². The third-order valence-electron chi connectivity index (χ3n) is 18.7. The number of carboxylic acids is 1. The second kappa shape index (κ2) is 45.2. The van der Waals surface area contributed by atoms with Gasteiger partial charge in [0.2, 0.25) is 65.0 Å². The van der Waals surface area contributed by atoms with E-state index in [4.69, 9.17) is 17.2 Å². The molecule has 0 aliphatic heterocycles. The number of nitrogens with two attached hydrogens (primary N) is 3. The van der Waals surface area contributed by atoms with Gasteiger partial charge < -0.3 is 101 Å². The summed E-state index contributed by atoms with van der Waals surface area (Å²) in [4.78, 5) is 195. The number of aliphatic hydroxyl groups excluding tert-OH is 1. The fourth-order valence-corrected chi connectivity index (χ4v) is 11.5. The fourth-order valence-electron chi connectivity index (χ4n) is 11.5. The van der Waals surface area contributed by atoms with Crippen molar-refractivity contribution in [3.63, 3.8) is 0 Å². The van der Waals surface area contributed by atoms with Crippen LogP contribution in [0.2, 0.25) is 0 Å². The highest BCUT2D eigenvalue weighted by molar-refractivity contribution is 6.00. The zero-order valence-corrected chi connectivity index (χ0v) is 63.5. The van der Waals surface area contributed by atoms with Gasteiger partial charge in [0.1, 0.15) is 66.5 Å². The Hall–Kier alpha value is -10.3. The molecule has 4 aromatic rings. The number of aliphatic carboxylic acids is 1. The minimum Gasteiger partial charge on any atom is -0.480 e. The quantitative estimate of drug-likeness (QED) is 0.0146. The zero-order chi connectivity index (χ0) is 79.6. The molecule has 0 fully saturated rings. The molecule has 0 saturated heterocycles. The smallest absolute Gasteiger partial charge is 0.326 e. The Bertz CT molecular complexity index is 3500. The van der Waals surface area contributed by atoms with E-state index in [1.807, 2.05) is 27.7 Å². The van der Waals surface area contributed by atoms with E-state index in [9.17, 15) is 67.7 Å². The van der Waals surface area contributed by atoms with Crippen molar-refractivity contribution >= 4 is 76.9 Å². The maximum atomic E-state index is 14.9. The third-order valence-corrected chi connectivity index (χ3v) is 18.7. The Labute approximate surface area is 624 Å². The third kappa shape index (κ3) is 29.9. The molecule has 592 valence electrons. The number of nitrogens with zero attached hydrogens (tertiary/aromatic N) is 4. The van der Waals surface area contributed by atoms with E-state index in [2.05, 4.69) is 93.4 Å². The van der Waals surface area contributed by atoms with Gasteiger partial charge in [-0.25, -0.2) is 19.7 Å². The van der Waals surface area contributed by atoms with E-state index in [0.717, 1.165) is 0 Å². The van der Waals surface area contributed by atoms with Crippen LogP contribution in [0.15, 0.2) is 72.9 Å². The lowest BCUT2D eigenvalue weighted by Crippen LogP contribution is -2.63. The Balaban J connectivity index is 1.60. The molecular weight excluding hydrogens is 1380 g/mol. The van der Waals surface area contributed by atoms with Crippen LogP contribution in [0.25, 0.3) is 0 Å². The van der Waals surface area contributed by atoms with Gasteiger partial charge in [0, 0.05) is 67.9 Å². The van der Waals surface area contributed by atoms with Gasteiger partial charge >= 0.3 is 5.97 Å².